The number of nitrogens with one attached hydrogen (secondary N) is 1. The van der Waals surface area contributed by atoms with Gasteiger partial charge < -0.3 is 19.7 Å². The number of nitrogens with zero attached hydrogens (tertiary/aromatic N) is 1. The maximum Gasteiger partial charge on any atom is 0.573 e. The summed E-state index contributed by atoms with van der Waals surface area (Å²) >= 11 is 0. The second-order valence-corrected chi connectivity index (χ2v) is 7.07. The summed E-state index contributed by atoms with van der Waals surface area (Å²) in [5.41, 5.74) is 0.366. The third kappa shape index (κ3) is 3.55. The SMILES string of the molecule is Cc1cc(OC(F)(F)F)ccc1-c1cc(C(F)(F)F)c2c(O)n3c(c2c1)CNCC3. The number of aryl methyl sites for hydroxylation is 1. The van der Waals surface area contributed by atoms with E-state index in [4.69, 9.17) is 0 Å². The first-order chi connectivity index (χ1) is 14.0. The number of halogens is 6. The van der Waals surface area contributed by atoms with Gasteiger partial charge in [0.05, 0.1) is 10.9 Å². The van der Waals surface area contributed by atoms with E-state index in [9.17, 15) is 31.4 Å². The van der Waals surface area contributed by atoms with Crippen molar-refractivity contribution >= 4 is 10.8 Å². The van der Waals surface area contributed by atoms with Crippen molar-refractivity contribution in [2.24, 2.45) is 0 Å². The standard InChI is InChI=1S/C20H16F6N2O2/c1-10-6-12(30-20(24,25)26)2-3-13(10)11-7-14-16-9-27-4-5-28(16)18(29)17(14)15(8-11)19(21,22)23/h2-3,6-8,27,29H,4-5,9H2,1H3. The van der Waals surface area contributed by atoms with Gasteiger partial charge in [-0.05, 0) is 47.9 Å². The number of alkyl halides is 6. The molecule has 0 saturated heterocycles. The lowest BCUT2D eigenvalue weighted by Gasteiger charge is -2.17. The van der Waals surface area contributed by atoms with Crippen molar-refractivity contribution in [3.8, 4) is 22.8 Å². The van der Waals surface area contributed by atoms with E-state index < -0.39 is 29.7 Å². The zero-order chi connectivity index (χ0) is 21.8. The van der Waals surface area contributed by atoms with Crippen molar-refractivity contribution in [1.29, 1.82) is 0 Å². The van der Waals surface area contributed by atoms with E-state index in [0.29, 0.717) is 29.9 Å². The highest BCUT2D eigenvalue weighted by Gasteiger charge is 2.37. The topological polar surface area (TPSA) is 46.4 Å². The largest absolute Gasteiger partial charge is 0.573 e. The molecule has 1 aromatic heterocycles. The van der Waals surface area contributed by atoms with Gasteiger partial charge in [0, 0.05) is 30.7 Å². The number of hydrogen-bond acceptors (Lipinski definition) is 3. The molecule has 0 unspecified atom stereocenters. The molecule has 0 amide bonds. The molecular formula is C20H16F6N2O2. The highest BCUT2D eigenvalue weighted by atomic mass is 19.4. The molecule has 0 atom stereocenters. The van der Waals surface area contributed by atoms with E-state index in [1.807, 2.05) is 0 Å². The van der Waals surface area contributed by atoms with Gasteiger partial charge in [0.2, 0.25) is 0 Å². The van der Waals surface area contributed by atoms with Crippen LogP contribution in [0.4, 0.5) is 26.3 Å². The molecule has 2 N–H and O–H groups in total. The summed E-state index contributed by atoms with van der Waals surface area (Å²) in [7, 11) is 0. The minimum Gasteiger partial charge on any atom is -0.494 e. The van der Waals surface area contributed by atoms with E-state index in [1.165, 1.54) is 23.6 Å². The Morgan fingerprint density at radius 1 is 1.07 bits per heavy atom. The smallest absolute Gasteiger partial charge is 0.494 e. The Morgan fingerprint density at radius 3 is 2.43 bits per heavy atom. The molecule has 4 nitrogen and oxygen atoms in total. The summed E-state index contributed by atoms with van der Waals surface area (Å²) in [5.74, 6) is -0.894. The van der Waals surface area contributed by atoms with E-state index in [2.05, 4.69) is 10.1 Å². The van der Waals surface area contributed by atoms with Crippen LogP contribution in [0.15, 0.2) is 30.3 Å². The summed E-state index contributed by atoms with van der Waals surface area (Å²) in [6, 6.07) is 5.90. The van der Waals surface area contributed by atoms with E-state index in [1.54, 1.807) is 0 Å². The molecule has 0 saturated carbocycles. The Labute approximate surface area is 166 Å². The molecule has 0 spiro atoms. The number of benzene rings is 2. The maximum atomic E-state index is 13.8. The Kier molecular flexibility index (Phi) is 4.64. The van der Waals surface area contributed by atoms with Crippen LogP contribution >= 0.6 is 0 Å². The minimum absolute atomic E-state index is 0.185. The van der Waals surface area contributed by atoms with Gasteiger partial charge in [-0.3, -0.25) is 0 Å². The zero-order valence-corrected chi connectivity index (χ0v) is 15.6. The van der Waals surface area contributed by atoms with Gasteiger partial charge >= 0.3 is 12.5 Å². The average molecular weight is 430 g/mol. The number of hydrogen-bond donors (Lipinski definition) is 2. The molecule has 4 rings (SSSR count). The van der Waals surface area contributed by atoms with Gasteiger partial charge in [0.1, 0.15) is 5.75 Å². The molecule has 2 heterocycles. The fourth-order valence-electron chi connectivity index (χ4n) is 3.88. The monoisotopic (exact) mass is 430 g/mol. The van der Waals surface area contributed by atoms with Crippen molar-refractivity contribution in [2.75, 3.05) is 6.54 Å². The lowest BCUT2D eigenvalue weighted by atomic mass is 9.95. The second kappa shape index (κ2) is 6.83. The predicted octanol–water partition coefficient (Wildman–Crippen LogP) is 5.34. The number of aromatic hydroxyl groups is 1. The van der Waals surface area contributed by atoms with Crippen LogP contribution in [0.5, 0.6) is 11.6 Å². The number of aromatic nitrogens is 1. The van der Waals surface area contributed by atoms with Crippen LogP contribution in [0.25, 0.3) is 21.9 Å². The molecule has 1 aliphatic rings. The summed E-state index contributed by atoms with van der Waals surface area (Å²) in [6.07, 6.45) is -9.60. The molecule has 0 fully saturated rings. The van der Waals surface area contributed by atoms with Crippen LogP contribution in [0.3, 0.4) is 0 Å². The van der Waals surface area contributed by atoms with Crippen molar-refractivity contribution in [3.63, 3.8) is 0 Å². The van der Waals surface area contributed by atoms with Crippen molar-refractivity contribution in [1.82, 2.24) is 9.88 Å². The lowest BCUT2D eigenvalue weighted by Crippen LogP contribution is -2.27. The van der Waals surface area contributed by atoms with Crippen LogP contribution in [-0.4, -0.2) is 22.6 Å². The third-order valence-corrected chi connectivity index (χ3v) is 5.11. The molecule has 10 heteroatoms. The predicted molar refractivity (Wildman–Crippen MR) is 97.2 cm³/mol. The van der Waals surface area contributed by atoms with Crippen LogP contribution in [-0.2, 0) is 19.3 Å². The molecule has 3 aromatic rings. The molecule has 0 radical (unpaired) electrons. The fourth-order valence-corrected chi connectivity index (χ4v) is 3.88. The molecule has 160 valence electrons. The fraction of sp³-hybridized carbons (Fsp3) is 0.300. The summed E-state index contributed by atoms with van der Waals surface area (Å²) < 4.78 is 84.1. The van der Waals surface area contributed by atoms with E-state index in [-0.39, 0.29) is 22.9 Å². The maximum absolute atomic E-state index is 13.8. The van der Waals surface area contributed by atoms with E-state index >= 15 is 0 Å². The van der Waals surface area contributed by atoms with Gasteiger partial charge in [0.15, 0.2) is 5.88 Å². The average Bonchev–Trinajstić information content (AvgIpc) is 2.92. The Morgan fingerprint density at radius 2 is 1.80 bits per heavy atom. The van der Waals surface area contributed by atoms with Crippen LogP contribution in [0.1, 0.15) is 16.8 Å². The van der Waals surface area contributed by atoms with Crippen LogP contribution in [0.2, 0.25) is 0 Å². The summed E-state index contributed by atoms with van der Waals surface area (Å²) in [4.78, 5) is 0. The lowest BCUT2D eigenvalue weighted by molar-refractivity contribution is -0.274. The second-order valence-electron chi connectivity index (χ2n) is 7.07. The molecule has 0 aliphatic carbocycles. The zero-order valence-electron chi connectivity index (χ0n) is 15.6. The highest BCUT2D eigenvalue weighted by molar-refractivity contribution is 5.97. The first kappa shape index (κ1) is 20.4. The van der Waals surface area contributed by atoms with Gasteiger partial charge in [-0.15, -0.1) is 13.2 Å². The van der Waals surface area contributed by atoms with Crippen molar-refractivity contribution in [2.45, 2.75) is 32.6 Å². The Balaban J connectivity index is 1.92. The number of fused-ring (bicyclic) bond motifs is 3. The Hall–Kier alpha value is -2.88. The molecular weight excluding hydrogens is 414 g/mol. The van der Waals surface area contributed by atoms with Gasteiger partial charge in [-0.1, -0.05) is 6.07 Å². The molecule has 30 heavy (non-hydrogen) atoms. The van der Waals surface area contributed by atoms with Gasteiger partial charge in [-0.25, -0.2) is 0 Å². The first-order valence-corrected chi connectivity index (χ1v) is 8.98. The molecule has 0 bridgehead atoms. The summed E-state index contributed by atoms with van der Waals surface area (Å²) in [5, 5.41) is 13.5. The van der Waals surface area contributed by atoms with Crippen molar-refractivity contribution in [3.05, 3.63) is 47.2 Å². The quantitative estimate of drug-likeness (QED) is 0.540. The molecule has 1 aliphatic heterocycles. The summed E-state index contributed by atoms with van der Waals surface area (Å²) in [6.45, 7) is 2.61. The third-order valence-electron chi connectivity index (χ3n) is 5.11. The van der Waals surface area contributed by atoms with Crippen LogP contribution in [0, 0.1) is 6.92 Å². The van der Waals surface area contributed by atoms with Gasteiger partial charge in [-0.2, -0.15) is 13.2 Å². The molecule has 2 aromatic carbocycles. The first-order valence-electron chi connectivity index (χ1n) is 8.98. The minimum atomic E-state index is -4.87. The normalized spacial score (nSPS) is 14.8. The number of rotatable bonds is 2. The van der Waals surface area contributed by atoms with E-state index in [0.717, 1.165) is 18.2 Å². The Bertz CT molecular complexity index is 1130. The number of ether oxygens (including phenoxy) is 1. The van der Waals surface area contributed by atoms with Gasteiger partial charge in [0.25, 0.3) is 0 Å². The highest BCUT2D eigenvalue weighted by Crippen LogP contribution is 2.45. The van der Waals surface area contributed by atoms with Crippen molar-refractivity contribution < 1.29 is 36.2 Å². The van der Waals surface area contributed by atoms with Crippen LogP contribution < -0.4 is 10.1 Å².